The number of nitrogens with one attached hydrogen (secondary N) is 1. The molecule has 4 nitrogen and oxygen atoms in total. The summed E-state index contributed by atoms with van der Waals surface area (Å²) in [5.74, 6) is 0.904. The van der Waals surface area contributed by atoms with Crippen molar-refractivity contribution >= 4 is 11.8 Å². The highest BCUT2D eigenvalue weighted by molar-refractivity contribution is 5.95. The zero-order chi connectivity index (χ0) is 13.8. The van der Waals surface area contributed by atoms with Crippen molar-refractivity contribution in [2.24, 2.45) is 5.92 Å². The Balaban J connectivity index is 2.04. The molecule has 0 aromatic heterocycles. The monoisotopic (exact) mass is 266 g/mol. The first kappa shape index (κ1) is 14.4. The summed E-state index contributed by atoms with van der Waals surface area (Å²) in [6.07, 6.45) is 7.39. The second kappa shape index (κ2) is 6.40. The van der Waals surface area contributed by atoms with E-state index < -0.39 is 0 Å². The molecule has 2 rings (SSSR count). The third-order valence-electron chi connectivity index (χ3n) is 4.48. The van der Waals surface area contributed by atoms with Gasteiger partial charge in [-0.05, 0) is 31.6 Å². The molecule has 0 radical (unpaired) electrons. The highest BCUT2D eigenvalue weighted by atomic mass is 16.2. The van der Waals surface area contributed by atoms with Gasteiger partial charge in [0.15, 0.2) is 0 Å². The minimum absolute atomic E-state index is 0.00958. The third kappa shape index (κ3) is 3.48. The van der Waals surface area contributed by atoms with Gasteiger partial charge in [0.25, 0.3) is 0 Å². The summed E-state index contributed by atoms with van der Waals surface area (Å²) in [6.45, 7) is 4.59. The van der Waals surface area contributed by atoms with E-state index in [1.165, 1.54) is 19.3 Å². The lowest BCUT2D eigenvalue weighted by atomic mass is 10.0. The number of piperazine rings is 1. The van der Waals surface area contributed by atoms with Gasteiger partial charge in [-0.2, -0.15) is 0 Å². The van der Waals surface area contributed by atoms with Gasteiger partial charge in [-0.3, -0.25) is 9.59 Å². The summed E-state index contributed by atoms with van der Waals surface area (Å²) in [7, 11) is 0. The third-order valence-corrected chi connectivity index (χ3v) is 4.48. The molecule has 2 amide bonds. The number of carbonyl (C=O) groups excluding carboxylic acids is 2. The van der Waals surface area contributed by atoms with Gasteiger partial charge in [0.1, 0.15) is 6.04 Å². The maximum absolute atomic E-state index is 12.5. The Morgan fingerprint density at radius 3 is 2.74 bits per heavy atom. The maximum Gasteiger partial charge on any atom is 0.245 e. The SMILES string of the molecule is CCCC1NC(=O)CN(C2CCCC(C)CC2)C1=O. The van der Waals surface area contributed by atoms with Crippen molar-refractivity contribution in [2.45, 2.75) is 70.9 Å². The summed E-state index contributed by atoms with van der Waals surface area (Å²) in [6, 6.07) is -0.00483. The Morgan fingerprint density at radius 2 is 2.00 bits per heavy atom. The Morgan fingerprint density at radius 1 is 1.21 bits per heavy atom. The molecule has 1 N–H and O–H groups in total. The van der Waals surface area contributed by atoms with Crippen LogP contribution in [0.3, 0.4) is 0 Å². The van der Waals surface area contributed by atoms with E-state index >= 15 is 0 Å². The van der Waals surface area contributed by atoms with Crippen molar-refractivity contribution in [1.82, 2.24) is 10.2 Å². The molecular weight excluding hydrogens is 240 g/mol. The summed E-state index contributed by atoms with van der Waals surface area (Å²) in [5, 5.41) is 2.83. The van der Waals surface area contributed by atoms with Crippen LogP contribution in [0.25, 0.3) is 0 Å². The molecule has 3 unspecified atom stereocenters. The quantitative estimate of drug-likeness (QED) is 0.795. The second-order valence-corrected chi connectivity index (χ2v) is 6.14. The van der Waals surface area contributed by atoms with Gasteiger partial charge in [-0.25, -0.2) is 0 Å². The van der Waals surface area contributed by atoms with Crippen LogP contribution >= 0.6 is 0 Å². The van der Waals surface area contributed by atoms with E-state index in [4.69, 9.17) is 0 Å². The molecule has 0 spiro atoms. The fourth-order valence-electron chi connectivity index (χ4n) is 3.31. The zero-order valence-electron chi connectivity index (χ0n) is 12.2. The molecule has 1 saturated heterocycles. The minimum Gasteiger partial charge on any atom is -0.343 e. The number of carbonyl (C=O) groups is 2. The lowest BCUT2D eigenvalue weighted by molar-refractivity contribution is -0.147. The number of hydrogen-bond donors (Lipinski definition) is 1. The molecule has 1 aliphatic heterocycles. The van der Waals surface area contributed by atoms with Crippen LogP contribution in [0.4, 0.5) is 0 Å². The molecule has 3 atom stereocenters. The van der Waals surface area contributed by atoms with E-state index in [2.05, 4.69) is 12.2 Å². The second-order valence-electron chi connectivity index (χ2n) is 6.14. The Bertz CT molecular complexity index is 343. The van der Waals surface area contributed by atoms with Gasteiger partial charge in [-0.1, -0.05) is 33.1 Å². The molecule has 2 fully saturated rings. The lowest BCUT2D eigenvalue weighted by Gasteiger charge is -2.37. The topological polar surface area (TPSA) is 49.4 Å². The Kier molecular flexibility index (Phi) is 4.83. The van der Waals surface area contributed by atoms with Crippen LogP contribution in [0.2, 0.25) is 0 Å². The molecule has 0 aromatic carbocycles. The molecule has 4 heteroatoms. The number of nitrogens with zero attached hydrogens (tertiary/aromatic N) is 1. The standard InChI is InChI=1S/C15H26N2O2/c1-3-5-13-15(19)17(10-14(18)16-13)12-7-4-6-11(2)8-9-12/h11-13H,3-10H2,1-2H3,(H,16,18). The highest BCUT2D eigenvalue weighted by Gasteiger charge is 2.36. The highest BCUT2D eigenvalue weighted by Crippen LogP contribution is 2.27. The van der Waals surface area contributed by atoms with Gasteiger partial charge in [0, 0.05) is 6.04 Å². The van der Waals surface area contributed by atoms with Gasteiger partial charge in [0.2, 0.25) is 11.8 Å². The van der Waals surface area contributed by atoms with Gasteiger partial charge in [0.05, 0.1) is 6.54 Å². The predicted octanol–water partition coefficient (Wildman–Crippen LogP) is 2.08. The molecular formula is C15H26N2O2. The Labute approximate surface area is 115 Å². The average molecular weight is 266 g/mol. The average Bonchev–Trinajstić information content (AvgIpc) is 2.58. The van der Waals surface area contributed by atoms with Crippen molar-refractivity contribution in [1.29, 1.82) is 0 Å². The molecule has 19 heavy (non-hydrogen) atoms. The zero-order valence-corrected chi connectivity index (χ0v) is 12.2. The molecule has 0 aromatic rings. The summed E-state index contributed by atoms with van der Waals surface area (Å²) in [4.78, 5) is 26.1. The minimum atomic E-state index is -0.285. The van der Waals surface area contributed by atoms with E-state index in [1.54, 1.807) is 0 Å². The van der Waals surface area contributed by atoms with Crippen LogP contribution < -0.4 is 5.32 Å². The van der Waals surface area contributed by atoms with Crippen LogP contribution in [0.1, 0.15) is 58.8 Å². The van der Waals surface area contributed by atoms with Crippen LogP contribution in [-0.4, -0.2) is 35.3 Å². The Hall–Kier alpha value is -1.06. The number of hydrogen-bond acceptors (Lipinski definition) is 2. The van der Waals surface area contributed by atoms with E-state index in [-0.39, 0.29) is 30.4 Å². The maximum atomic E-state index is 12.5. The van der Waals surface area contributed by atoms with Crippen LogP contribution in [0, 0.1) is 5.92 Å². The van der Waals surface area contributed by atoms with E-state index in [0.717, 1.165) is 31.6 Å². The van der Waals surface area contributed by atoms with Crippen molar-refractivity contribution in [2.75, 3.05) is 6.54 Å². The predicted molar refractivity (Wildman–Crippen MR) is 74.6 cm³/mol. The molecule has 1 aliphatic carbocycles. The molecule has 2 aliphatic rings. The molecule has 108 valence electrons. The fraction of sp³-hybridized carbons (Fsp3) is 0.867. The van der Waals surface area contributed by atoms with Crippen LogP contribution in [0.5, 0.6) is 0 Å². The molecule has 0 bridgehead atoms. The van der Waals surface area contributed by atoms with Crippen molar-refractivity contribution in [3.05, 3.63) is 0 Å². The molecule has 1 heterocycles. The van der Waals surface area contributed by atoms with E-state index in [1.807, 2.05) is 11.8 Å². The van der Waals surface area contributed by atoms with Crippen molar-refractivity contribution in [3.63, 3.8) is 0 Å². The number of amides is 2. The molecule has 1 saturated carbocycles. The number of rotatable bonds is 3. The van der Waals surface area contributed by atoms with Gasteiger partial charge >= 0.3 is 0 Å². The van der Waals surface area contributed by atoms with Crippen molar-refractivity contribution < 1.29 is 9.59 Å². The first-order valence-corrected chi connectivity index (χ1v) is 7.71. The largest absolute Gasteiger partial charge is 0.343 e. The normalized spacial score (nSPS) is 32.9. The fourth-order valence-corrected chi connectivity index (χ4v) is 3.31. The first-order chi connectivity index (χ1) is 9.11. The smallest absolute Gasteiger partial charge is 0.245 e. The summed E-state index contributed by atoms with van der Waals surface area (Å²) < 4.78 is 0. The van der Waals surface area contributed by atoms with Gasteiger partial charge < -0.3 is 10.2 Å². The summed E-state index contributed by atoms with van der Waals surface area (Å²) >= 11 is 0. The van der Waals surface area contributed by atoms with E-state index in [9.17, 15) is 9.59 Å². The van der Waals surface area contributed by atoms with Gasteiger partial charge in [-0.15, -0.1) is 0 Å². The first-order valence-electron chi connectivity index (χ1n) is 7.71. The van der Waals surface area contributed by atoms with Crippen molar-refractivity contribution in [3.8, 4) is 0 Å². The summed E-state index contributed by atoms with van der Waals surface area (Å²) in [5.41, 5.74) is 0. The van der Waals surface area contributed by atoms with Crippen LogP contribution in [0.15, 0.2) is 0 Å². The van der Waals surface area contributed by atoms with Crippen LogP contribution in [-0.2, 0) is 9.59 Å². The van der Waals surface area contributed by atoms with E-state index in [0.29, 0.717) is 0 Å². The lowest BCUT2D eigenvalue weighted by Crippen LogP contribution is -2.60.